The van der Waals surface area contributed by atoms with Gasteiger partial charge in [0.05, 0.1) is 5.39 Å². The molecule has 0 radical (unpaired) electrons. The Morgan fingerprint density at radius 3 is 2.88 bits per heavy atom. The average Bonchev–Trinajstić information content (AvgIpc) is 3.28. The lowest BCUT2D eigenvalue weighted by Crippen LogP contribution is -2.41. The van der Waals surface area contributed by atoms with Crippen LogP contribution in [-0.2, 0) is 0 Å². The summed E-state index contributed by atoms with van der Waals surface area (Å²) in [7, 11) is 0. The molecule has 2 aliphatic rings. The van der Waals surface area contributed by atoms with E-state index < -0.39 is 0 Å². The summed E-state index contributed by atoms with van der Waals surface area (Å²) in [4.78, 5) is 12.9. The first-order valence-electron chi connectivity index (χ1n) is 9.18. The molecule has 0 bridgehead atoms. The van der Waals surface area contributed by atoms with Gasteiger partial charge in [0.1, 0.15) is 17.0 Å². The number of fused-ring (bicyclic) bond motifs is 2. The average molecular weight is 350 g/mol. The maximum Gasteiger partial charge on any atom is 0.139 e. The summed E-state index contributed by atoms with van der Waals surface area (Å²) < 4.78 is 0. The summed E-state index contributed by atoms with van der Waals surface area (Å²) in [5, 5.41) is 7.18. The van der Waals surface area contributed by atoms with Crippen LogP contribution in [0.3, 0.4) is 0 Å². The lowest BCUT2D eigenvalue weighted by Gasteiger charge is -2.32. The van der Waals surface area contributed by atoms with Gasteiger partial charge >= 0.3 is 0 Å². The highest BCUT2D eigenvalue weighted by atomic mass is 32.1. The molecular formula is C20H22N4S. The minimum atomic E-state index is 0.502. The van der Waals surface area contributed by atoms with E-state index >= 15 is 0 Å². The molecule has 2 atom stereocenters. The van der Waals surface area contributed by atoms with Gasteiger partial charge < -0.3 is 5.32 Å². The Hall–Kier alpha value is -1.98. The SMILES string of the molecule is c1ccc(-c2csc3ncnc(NC4CCN5CCCCC45)c23)cc1. The fraction of sp³-hybridized carbons (Fsp3) is 0.400. The molecule has 2 aliphatic heterocycles. The van der Waals surface area contributed by atoms with Gasteiger partial charge in [-0.05, 0) is 31.4 Å². The Bertz CT molecular complexity index is 876. The van der Waals surface area contributed by atoms with Gasteiger partial charge in [-0.2, -0.15) is 0 Å². The number of rotatable bonds is 3. The normalized spacial score (nSPS) is 23.7. The van der Waals surface area contributed by atoms with Gasteiger partial charge in [0.2, 0.25) is 0 Å². The van der Waals surface area contributed by atoms with Crippen molar-refractivity contribution in [1.29, 1.82) is 0 Å². The van der Waals surface area contributed by atoms with Crippen LogP contribution < -0.4 is 5.32 Å². The van der Waals surface area contributed by atoms with Crippen molar-refractivity contribution in [3.05, 3.63) is 42.0 Å². The number of benzene rings is 1. The number of nitrogens with zero attached hydrogens (tertiary/aromatic N) is 3. The highest BCUT2D eigenvalue weighted by Gasteiger charge is 2.35. The van der Waals surface area contributed by atoms with Crippen LogP contribution in [0.15, 0.2) is 42.0 Å². The van der Waals surface area contributed by atoms with Crippen molar-refractivity contribution < 1.29 is 0 Å². The Balaban J connectivity index is 1.52. The van der Waals surface area contributed by atoms with Crippen LogP contribution >= 0.6 is 11.3 Å². The van der Waals surface area contributed by atoms with E-state index in [0.29, 0.717) is 12.1 Å². The van der Waals surface area contributed by atoms with E-state index in [1.54, 1.807) is 17.7 Å². The Morgan fingerprint density at radius 2 is 1.96 bits per heavy atom. The zero-order valence-electron chi connectivity index (χ0n) is 14.2. The molecule has 1 aromatic carbocycles. The minimum absolute atomic E-state index is 0.502. The maximum atomic E-state index is 4.63. The summed E-state index contributed by atoms with van der Waals surface area (Å²) >= 11 is 1.70. The summed E-state index contributed by atoms with van der Waals surface area (Å²) in [6.07, 6.45) is 6.92. The number of anilines is 1. The quantitative estimate of drug-likeness (QED) is 0.760. The molecule has 128 valence electrons. The maximum absolute atomic E-state index is 4.63. The lowest BCUT2D eigenvalue weighted by molar-refractivity contribution is 0.192. The van der Waals surface area contributed by atoms with Crippen LogP contribution in [0.25, 0.3) is 21.3 Å². The molecule has 0 amide bonds. The van der Waals surface area contributed by atoms with Crippen LogP contribution in [0, 0.1) is 0 Å². The molecule has 0 saturated carbocycles. The van der Waals surface area contributed by atoms with E-state index in [0.717, 1.165) is 10.6 Å². The Morgan fingerprint density at radius 1 is 1.04 bits per heavy atom. The molecule has 2 fully saturated rings. The molecule has 0 aliphatic carbocycles. The molecule has 3 aromatic rings. The zero-order valence-corrected chi connectivity index (χ0v) is 15.0. The number of piperidine rings is 1. The third kappa shape index (κ3) is 2.71. The van der Waals surface area contributed by atoms with Gasteiger partial charge in [-0.3, -0.25) is 4.90 Å². The molecule has 5 heteroatoms. The van der Waals surface area contributed by atoms with Crippen molar-refractivity contribution in [1.82, 2.24) is 14.9 Å². The number of aromatic nitrogens is 2. The van der Waals surface area contributed by atoms with Crippen LogP contribution in [0.5, 0.6) is 0 Å². The smallest absolute Gasteiger partial charge is 0.139 e. The van der Waals surface area contributed by atoms with Crippen LogP contribution in [-0.4, -0.2) is 40.0 Å². The number of hydrogen-bond acceptors (Lipinski definition) is 5. The molecule has 1 N–H and O–H groups in total. The van der Waals surface area contributed by atoms with Crippen LogP contribution in [0.1, 0.15) is 25.7 Å². The van der Waals surface area contributed by atoms with Crippen molar-refractivity contribution in [2.24, 2.45) is 0 Å². The largest absolute Gasteiger partial charge is 0.365 e. The van der Waals surface area contributed by atoms with Gasteiger partial charge in [0.15, 0.2) is 0 Å². The van der Waals surface area contributed by atoms with Gasteiger partial charge in [0.25, 0.3) is 0 Å². The van der Waals surface area contributed by atoms with E-state index in [4.69, 9.17) is 0 Å². The number of hydrogen-bond donors (Lipinski definition) is 1. The molecule has 25 heavy (non-hydrogen) atoms. The molecule has 5 rings (SSSR count). The number of nitrogens with one attached hydrogen (secondary N) is 1. The van der Waals surface area contributed by atoms with E-state index in [-0.39, 0.29) is 0 Å². The van der Waals surface area contributed by atoms with Crippen molar-refractivity contribution >= 4 is 27.4 Å². The van der Waals surface area contributed by atoms with Crippen LogP contribution in [0.4, 0.5) is 5.82 Å². The second kappa shape index (κ2) is 6.39. The summed E-state index contributed by atoms with van der Waals surface area (Å²) in [6.45, 7) is 2.47. The van der Waals surface area contributed by atoms with Crippen LogP contribution in [0.2, 0.25) is 0 Å². The zero-order chi connectivity index (χ0) is 16.6. The third-order valence-corrected chi connectivity index (χ3v) is 6.52. The standard InChI is InChI=1S/C20H22N4S/c1-2-6-14(7-3-1)15-12-25-20-18(15)19(21-13-22-20)23-16-9-11-24-10-5-4-8-17(16)24/h1-3,6-7,12-13,16-17H,4-5,8-11H2,(H,21,22,23). The minimum Gasteiger partial charge on any atom is -0.365 e. The first-order valence-corrected chi connectivity index (χ1v) is 10.1. The van der Waals surface area contributed by atoms with Crippen molar-refractivity contribution in [3.8, 4) is 11.1 Å². The highest BCUT2D eigenvalue weighted by molar-refractivity contribution is 7.17. The monoisotopic (exact) mass is 350 g/mol. The van der Waals surface area contributed by atoms with Gasteiger partial charge in [0, 0.05) is 29.6 Å². The van der Waals surface area contributed by atoms with Gasteiger partial charge in [-0.1, -0.05) is 36.8 Å². The van der Waals surface area contributed by atoms with E-state index in [9.17, 15) is 0 Å². The van der Waals surface area contributed by atoms with E-state index in [1.807, 2.05) is 0 Å². The van der Waals surface area contributed by atoms with E-state index in [1.165, 1.54) is 55.3 Å². The summed E-state index contributed by atoms with van der Waals surface area (Å²) in [5.74, 6) is 1.00. The third-order valence-electron chi connectivity index (χ3n) is 5.63. The molecule has 4 nitrogen and oxygen atoms in total. The summed E-state index contributed by atoms with van der Waals surface area (Å²) in [6, 6.07) is 11.7. The van der Waals surface area contributed by atoms with Crippen molar-refractivity contribution in [3.63, 3.8) is 0 Å². The number of thiophene rings is 1. The van der Waals surface area contributed by atoms with Gasteiger partial charge in [-0.25, -0.2) is 9.97 Å². The molecule has 2 aromatic heterocycles. The Labute approximate surface area is 151 Å². The highest BCUT2D eigenvalue weighted by Crippen LogP contribution is 2.38. The molecule has 2 unspecified atom stereocenters. The fourth-order valence-electron chi connectivity index (χ4n) is 4.41. The molecule has 0 spiro atoms. The van der Waals surface area contributed by atoms with Gasteiger partial charge in [-0.15, -0.1) is 11.3 Å². The topological polar surface area (TPSA) is 41.1 Å². The Kier molecular flexibility index (Phi) is 3.91. The molecular weight excluding hydrogens is 328 g/mol. The molecule has 4 heterocycles. The summed E-state index contributed by atoms with van der Waals surface area (Å²) in [5.41, 5.74) is 2.47. The lowest BCUT2D eigenvalue weighted by atomic mass is 9.99. The second-order valence-corrected chi connectivity index (χ2v) is 7.91. The van der Waals surface area contributed by atoms with E-state index in [2.05, 4.69) is 55.9 Å². The fourth-order valence-corrected chi connectivity index (χ4v) is 5.32. The van der Waals surface area contributed by atoms with Crippen molar-refractivity contribution in [2.75, 3.05) is 18.4 Å². The first-order chi connectivity index (χ1) is 12.4. The predicted octanol–water partition coefficient (Wildman–Crippen LogP) is 4.40. The molecule has 2 saturated heterocycles. The van der Waals surface area contributed by atoms with Crippen molar-refractivity contribution in [2.45, 2.75) is 37.8 Å². The predicted molar refractivity (Wildman–Crippen MR) is 104 cm³/mol. The second-order valence-electron chi connectivity index (χ2n) is 7.06. The first kappa shape index (κ1) is 15.3.